The maximum atomic E-state index is 12.6. The highest BCUT2D eigenvalue weighted by Gasteiger charge is 2.24. The van der Waals surface area contributed by atoms with Crippen LogP contribution in [-0.2, 0) is 12.0 Å². The molecule has 122 valence electrons. The molecule has 23 heavy (non-hydrogen) atoms. The van der Waals surface area contributed by atoms with E-state index in [-0.39, 0.29) is 11.3 Å². The first-order valence-electron chi connectivity index (χ1n) is 7.69. The summed E-state index contributed by atoms with van der Waals surface area (Å²) in [5.41, 5.74) is 3.57. The van der Waals surface area contributed by atoms with Crippen LogP contribution in [0.4, 0.5) is 0 Å². The zero-order chi connectivity index (χ0) is 17.0. The van der Waals surface area contributed by atoms with E-state index in [0.29, 0.717) is 17.9 Å². The average molecular weight is 312 g/mol. The van der Waals surface area contributed by atoms with Crippen LogP contribution in [-0.4, -0.2) is 18.0 Å². The molecule has 1 aromatic heterocycles. The van der Waals surface area contributed by atoms with Crippen LogP contribution in [0.1, 0.15) is 47.8 Å². The zero-order valence-corrected chi connectivity index (χ0v) is 14.4. The number of hydrogen-bond donors (Lipinski definition) is 1. The lowest BCUT2D eigenvalue weighted by Crippen LogP contribution is -2.25. The van der Waals surface area contributed by atoms with Crippen molar-refractivity contribution in [2.45, 2.75) is 39.7 Å². The van der Waals surface area contributed by atoms with Crippen molar-refractivity contribution in [3.05, 3.63) is 58.9 Å². The Bertz CT molecular complexity index is 689. The SMILES string of the molecule is COc1c(C(=O)NCc2ccncc2)cc(C)cc1C(C)(C)C. The molecular formula is C19H24N2O2. The third kappa shape index (κ3) is 4.09. The molecule has 1 amide bonds. The summed E-state index contributed by atoms with van der Waals surface area (Å²) >= 11 is 0. The lowest BCUT2D eigenvalue weighted by Gasteiger charge is -2.24. The number of pyridine rings is 1. The van der Waals surface area contributed by atoms with E-state index in [1.54, 1.807) is 19.5 Å². The molecule has 0 aliphatic heterocycles. The minimum Gasteiger partial charge on any atom is -0.496 e. The summed E-state index contributed by atoms with van der Waals surface area (Å²) in [6.45, 7) is 8.80. The minimum absolute atomic E-state index is 0.0997. The van der Waals surface area contributed by atoms with Crippen molar-refractivity contribution < 1.29 is 9.53 Å². The Balaban J connectivity index is 2.31. The fraction of sp³-hybridized carbons (Fsp3) is 0.368. The van der Waals surface area contributed by atoms with Crippen LogP contribution >= 0.6 is 0 Å². The zero-order valence-electron chi connectivity index (χ0n) is 14.4. The predicted octanol–water partition coefficient (Wildman–Crippen LogP) is 3.63. The van der Waals surface area contributed by atoms with Gasteiger partial charge in [-0.05, 0) is 41.7 Å². The molecule has 0 aliphatic carbocycles. The summed E-state index contributed by atoms with van der Waals surface area (Å²) in [4.78, 5) is 16.6. The Hall–Kier alpha value is -2.36. The topological polar surface area (TPSA) is 51.2 Å². The number of ether oxygens (including phenoxy) is 1. The van der Waals surface area contributed by atoms with E-state index in [1.165, 1.54) is 0 Å². The molecule has 0 radical (unpaired) electrons. The highest BCUT2D eigenvalue weighted by Crippen LogP contribution is 2.35. The van der Waals surface area contributed by atoms with Crippen molar-refractivity contribution in [1.82, 2.24) is 10.3 Å². The number of methoxy groups -OCH3 is 1. The minimum atomic E-state index is -0.132. The van der Waals surface area contributed by atoms with Crippen LogP contribution in [0.15, 0.2) is 36.7 Å². The van der Waals surface area contributed by atoms with Gasteiger partial charge in [0.05, 0.1) is 12.7 Å². The molecule has 2 rings (SSSR count). The highest BCUT2D eigenvalue weighted by atomic mass is 16.5. The Morgan fingerprint density at radius 2 is 1.87 bits per heavy atom. The van der Waals surface area contributed by atoms with Crippen molar-refractivity contribution in [2.75, 3.05) is 7.11 Å². The third-order valence-electron chi connectivity index (χ3n) is 3.69. The molecule has 0 saturated heterocycles. The van der Waals surface area contributed by atoms with E-state index in [1.807, 2.05) is 25.1 Å². The summed E-state index contributed by atoms with van der Waals surface area (Å²) in [7, 11) is 1.61. The van der Waals surface area contributed by atoms with Gasteiger partial charge < -0.3 is 10.1 Å². The second-order valence-electron chi connectivity index (χ2n) is 6.68. The monoisotopic (exact) mass is 312 g/mol. The van der Waals surface area contributed by atoms with E-state index >= 15 is 0 Å². The van der Waals surface area contributed by atoms with Crippen LogP contribution < -0.4 is 10.1 Å². The fourth-order valence-corrected chi connectivity index (χ4v) is 2.50. The largest absolute Gasteiger partial charge is 0.496 e. The maximum absolute atomic E-state index is 12.6. The summed E-state index contributed by atoms with van der Waals surface area (Å²) < 4.78 is 5.56. The van der Waals surface area contributed by atoms with Gasteiger partial charge >= 0.3 is 0 Å². The molecule has 0 unspecified atom stereocenters. The second-order valence-corrected chi connectivity index (χ2v) is 6.68. The van der Waals surface area contributed by atoms with Gasteiger partial charge in [-0.15, -0.1) is 0 Å². The first-order valence-corrected chi connectivity index (χ1v) is 7.69. The number of carbonyl (C=O) groups is 1. The predicted molar refractivity (Wildman–Crippen MR) is 91.8 cm³/mol. The van der Waals surface area contributed by atoms with Crippen LogP contribution in [0.3, 0.4) is 0 Å². The van der Waals surface area contributed by atoms with Gasteiger partial charge in [0.15, 0.2) is 0 Å². The van der Waals surface area contributed by atoms with Gasteiger partial charge in [0.2, 0.25) is 0 Å². The Morgan fingerprint density at radius 1 is 1.22 bits per heavy atom. The number of aryl methyl sites for hydroxylation is 1. The number of nitrogens with one attached hydrogen (secondary N) is 1. The van der Waals surface area contributed by atoms with Gasteiger partial charge in [0, 0.05) is 24.5 Å². The normalized spacial score (nSPS) is 11.2. The lowest BCUT2D eigenvalue weighted by molar-refractivity contribution is 0.0947. The number of nitrogens with zero attached hydrogens (tertiary/aromatic N) is 1. The molecule has 0 aliphatic rings. The molecule has 4 nitrogen and oxygen atoms in total. The summed E-state index contributed by atoms with van der Waals surface area (Å²) in [5, 5.41) is 2.95. The molecule has 2 aromatic rings. The molecule has 0 bridgehead atoms. The maximum Gasteiger partial charge on any atom is 0.255 e. The number of aromatic nitrogens is 1. The van der Waals surface area contributed by atoms with E-state index in [2.05, 4.69) is 37.1 Å². The van der Waals surface area contributed by atoms with Crippen molar-refractivity contribution in [3.63, 3.8) is 0 Å². The van der Waals surface area contributed by atoms with Crippen LogP contribution in [0.25, 0.3) is 0 Å². The van der Waals surface area contributed by atoms with E-state index < -0.39 is 0 Å². The Morgan fingerprint density at radius 3 is 2.43 bits per heavy atom. The van der Waals surface area contributed by atoms with Crippen LogP contribution in [0, 0.1) is 6.92 Å². The number of hydrogen-bond acceptors (Lipinski definition) is 3. The summed E-state index contributed by atoms with van der Waals surface area (Å²) in [6.07, 6.45) is 3.43. The molecule has 0 saturated carbocycles. The second kappa shape index (κ2) is 6.82. The summed E-state index contributed by atoms with van der Waals surface area (Å²) in [6, 6.07) is 7.72. The molecule has 1 N–H and O–H groups in total. The van der Waals surface area contributed by atoms with Gasteiger partial charge in [-0.25, -0.2) is 0 Å². The molecule has 0 fully saturated rings. The molecular weight excluding hydrogens is 288 g/mol. The van der Waals surface area contributed by atoms with Gasteiger partial charge in [0.1, 0.15) is 5.75 Å². The van der Waals surface area contributed by atoms with Crippen LogP contribution in [0.2, 0.25) is 0 Å². The van der Waals surface area contributed by atoms with Gasteiger partial charge in [0.25, 0.3) is 5.91 Å². The average Bonchev–Trinajstić information content (AvgIpc) is 2.52. The summed E-state index contributed by atoms with van der Waals surface area (Å²) in [5.74, 6) is 0.517. The molecule has 0 spiro atoms. The van der Waals surface area contributed by atoms with Crippen molar-refractivity contribution in [2.24, 2.45) is 0 Å². The molecule has 4 heteroatoms. The first kappa shape index (κ1) is 17.0. The number of amides is 1. The van der Waals surface area contributed by atoms with Gasteiger partial charge in [-0.2, -0.15) is 0 Å². The third-order valence-corrected chi connectivity index (χ3v) is 3.69. The standard InChI is InChI=1S/C19H24N2O2/c1-13-10-15(17(23-5)16(11-13)19(2,3)4)18(22)21-12-14-6-8-20-9-7-14/h6-11H,12H2,1-5H3,(H,21,22). The lowest BCUT2D eigenvalue weighted by atomic mass is 9.84. The Kier molecular flexibility index (Phi) is 5.04. The Labute approximate surface area is 137 Å². The van der Waals surface area contributed by atoms with E-state index in [0.717, 1.165) is 16.7 Å². The number of benzene rings is 1. The number of rotatable bonds is 4. The van der Waals surface area contributed by atoms with Gasteiger partial charge in [-0.3, -0.25) is 9.78 Å². The molecule has 1 heterocycles. The van der Waals surface area contributed by atoms with Crippen molar-refractivity contribution >= 4 is 5.91 Å². The van der Waals surface area contributed by atoms with Crippen molar-refractivity contribution in [1.29, 1.82) is 0 Å². The quantitative estimate of drug-likeness (QED) is 0.938. The van der Waals surface area contributed by atoms with Crippen LogP contribution in [0.5, 0.6) is 5.75 Å². The number of carbonyl (C=O) groups excluding carboxylic acids is 1. The fourth-order valence-electron chi connectivity index (χ4n) is 2.50. The highest BCUT2D eigenvalue weighted by molar-refractivity contribution is 5.97. The van der Waals surface area contributed by atoms with E-state index in [9.17, 15) is 4.79 Å². The van der Waals surface area contributed by atoms with Gasteiger partial charge in [-0.1, -0.05) is 26.8 Å². The molecule has 0 atom stereocenters. The molecule has 1 aromatic carbocycles. The smallest absolute Gasteiger partial charge is 0.255 e. The van der Waals surface area contributed by atoms with E-state index in [4.69, 9.17) is 4.74 Å². The first-order chi connectivity index (χ1) is 10.8. The van der Waals surface area contributed by atoms with Crippen molar-refractivity contribution in [3.8, 4) is 5.75 Å².